The normalized spacial score (nSPS) is 11.2. The van der Waals surface area contributed by atoms with Crippen molar-refractivity contribution in [3.8, 4) is 11.4 Å². The number of anilines is 1. The van der Waals surface area contributed by atoms with Crippen molar-refractivity contribution < 1.29 is 4.39 Å². The van der Waals surface area contributed by atoms with E-state index in [1.807, 2.05) is 29.7 Å². The van der Waals surface area contributed by atoms with E-state index in [2.05, 4.69) is 20.9 Å². The number of aryl methyl sites for hydroxylation is 1. The van der Waals surface area contributed by atoms with Crippen molar-refractivity contribution in [2.45, 2.75) is 13.5 Å². The Morgan fingerprint density at radius 2 is 2.05 bits per heavy atom. The van der Waals surface area contributed by atoms with Gasteiger partial charge >= 0.3 is 0 Å². The molecule has 0 aliphatic carbocycles. The molecule has 0 atom stereocenters. The fourth-order valence-electron chi connectivity index (χ4n) is 2.38. The molecule has 0 radical (unpaired) electrons. The van der Waals surface area contributed by atoms with Crippen molar-refractivity contribution in [3.63, 3.8) is 0 Å². The molecule has 5 heteroatoms. The molecule has 1 aromatic heterocycles. The van der Waals surface area contributed by atoms with Crippen LogP contribution in [0.4, 0.5) is 10.1 Å². The number of hydrogen-bond donors (Lipinski definition) is 1. The van der Waals surface area contributed by atoms with E-state index in [-0.39, 0.29) is 5.82 Å². The van der Waals surface area contributed by atoms with E-state index in [1.54, 1.807) is 6.07 Å². The lowest BCUT2D eigenvalue weighted by Crippen LogP contribution is -1.98. The quantitative estimate of drug-likeness (QED) is 0.714. The topological polar surface area (TPSA) is 43.8 Å². The Balaban J connectivity index is 2.30. The van der Waals surface area contributed by atoms with Crippen LogP contribution < -0.4 is 5.73 Å². The number of halogens is 2. The molecule has 0 unspecified atom stereocenters. The molecule has 0 spiro atoms. The Bertz CT molecular complexity index is 775. The highest BCUT2D eigenvalue weighted by atomic mass is 79.9. The van der Waals surface area contributed by atoms with E-state index in [0.717, 1.165) is 26.9 Å². The summed E-state index contributed by atoms with van der Waals surface area (Å²) in [4.78, 5) is 4.60. The highest BCUT2D eigenvalue weighted by Gasteiger charge is 2.13. The zero-order valence-electron chi connectivity index (χ0n) is 10.9. The first kappa shape index (κ1) is 13.1. The minimum absolute atomic E-state index is 0.257. The SMILES string of the molecule is CCn1c(-c2cc(N)cc(Br)c2)nc2ccc(F)cc21. The fraction of sp³-hybridized carbons (Fsp3) is 0.133. The lowest BCUT2D eigenvalue weighted by molar-refractivity contribution is 0.628. The van der Waals surface area contributed by atoms with Gasteiger partial charge in [0.25, 0.3) is 0 Å². The molecule has 1 heterocycles. The van der Waals surface area contributed by atoms with Crippen LogP contribution in [-0.4, -0.2) is 9.55 Å². The molecule has 0 aliphatic rings. The number of fused-ring (bicyclic) bond motifs is 1. The number of hydrogen-bond acceptors (Lipinski definition) is 2. The zero-order chi connectivity index (χ0) is 14.3. The predicted octanol–water partition coefficient (Wildman–Crippen LogP) is 4.21. The van der Waals surface area contributed by atoms with Gasteiger partial charge in [0.15, 0.2) is 0 Å². The number of nitrogens with two attached hydrogens (primary N) is 1. The average molecular weight is 334 g/mol. The largest absolute Gasteiger partial charge is 0.399 e. The highest BCUT2D eigenvalue weighted by molar-refractivity contribution is 9.10. The number of benzene rings is 2. The minimum atomic E-state index is -0.257. The molecule has 2 N–H and O–H groups in total. The van der Waals surface area contributed by atoms with Crippen LogP contribution in [-0.2, 0) is 6.54 Å². The summed E-state index contributed by atoms with van der Waals surface area (Å²) in [6, 6.07) is 10.3. The number of nitrogen functional groups attached to an aromatic ring is 1. The van der Waals surface area contributed by atoms with Gasteiger partial charge in [-0.25, -0.2) is 9.37 Å². The van der Waals surface area contributed by atoms with Crippen molar-refractivity contribution in [2.75, 3.05) is 5.73 Å². The van der Waals surface area contributed by atoms with Crippen molar-refractivity contribution >= 4 is 32.7 Å². The summed E-state index contributed by atoms with van der Waals surface area (Å²) in [6.45, 7) is 2.72. The van der Waals surface area contributed by atoms with Crippen LogP contribution in [0.25, 0.3) is 22.4 Å². The molecule has 2 aromatic carbocycles. The van der Waals surface area contributed by atoms with E-state index in [4.69, 9.17) is 5.73 Å². The summed E-state index contributed by atoms with van der Waals surface area (Å²) in [5.41, 5.74) is 9.03. The van der Waals surface area contributed by atoms with Gasteiger partial charge < -0.3 is 10.3 Å². The second-order valence-corrected chi connectivity index (χ2v) is 5.50. The lowest BCUT2D eigenvalue weighted by atomic mass is 10.2. The van der Waals surface area contributed by atoms with Crippen LogP contribution >= 0.6 is 15.9 Å². The monoisotopic (exact) mass is 333 g/mol. The van der Waals surface area contributed by atoms with Crippen LogP contribution in [0.3, 0.4) is 0 Å². The van der Waals surface area contributed by atoms with Crippen molar-refractivity contribution in [1.29, 1.82) is 0 Å². The predicted molar refractivity (Wildman–Crippen MR) is 82.9 cm³/mol. The van der Waals surface area contributed by atoms with Crippen LogP contribution in [0.15, 0.2) is 40.9 Å². The molecule has 0 saturated carbocycles. The minimum Gasteiger partial charge on any atom is -0.399 e. The first-order valence-corrected chi connectivity index (χ1v) is 7.10. The maximum Gasteiger partial charge on any atom is 0.141 e. The number of nitrogens with zero attached hydrogens (tertiary/aromatic N) is 2. The molecule has 102 valence electrons. The Labute approximate surface area is 124 Å². The van der Waals surface area contributed by atoms with Gasteiger partial charge in [0.1, 0.15) is 11.6 Å². The van der Waals surface area contributed by atoms with Gasteiger partial charge in [0.2, 0.25) is 0 Å². The highest BCUT2D eigenvalue weighted by Crippen LogP contribution is 2.29. The summed E-state index contributed by atoms with van der Waals surface area (Å²) in [5.74, 6) is 0.536. The average Bonchev–Trinajstić information content (AvgIpc) is 2.75. The Morgan fingerprint density at radius 1 is 1.25 bits per heavy atom. The maximum atomic E-state index is 13.4. The molecule has 0 bridgehead atoms. The van der Waals surface area contributed by atoms with E-state index < -0.39 is 0 Å². The van der Waals surface area contributed by atoms with E-state index in [1.165, 1.54) is 12.1 Å². The molecule has 0 saturated heterocycles. The number of rotatable bonds is 2. The summed E-state index contributed by atoms with van der Waals surface area (Å²) in [6.07, 6.45) is 0. The molecule has 20 heavy (non-hydrogen) atoms. The Morgan fingerprint density at radius 3 is 2.75 bits per heavy atom. The molecule has 0 amide bonds. The van der Waals surface area contributed by atoms with Gasteiger partial charge in [-0.15, -0.1) is 0 Å². The van der Waals surface area contributed by atoms with Gasteiger partial charge in [-0.3, -0.25) is 0 Å². The molecular formula is C15H13BrFN3. The summed E-state index contributed by atoms with van der Waals surface area (Å²) >= 11 is 3.44. The third-order valence-electron chi connectivity index (χ3n) is 3.20. The van der Waals surface area contributed by atoms with Gasteiger partial charge in [0, 0.05) is 22.3 Å². The van der Waals surface area contributed by atoms with E-state index >= 15 is 0 Å². The second kappa shape index (κ2) is 4.90. The lowest BCUT2D eigenvalue weighted by Gasteiger charge is -2.07. The maximum absolute atomic E-state index is 13.4. The van der Waals surface area contributed by atoms with Crippen LogP contribution in [0.2, 0.25) is 0 Å². The zero-order valence-corrected chi connectivity index (χ0v) is 12.5. The third kappa shape index (κ3) is 2.18. The third-order valence-corrected chi connectivity index (χ3v) is 3.66. The van der Waals surface area contributed by atoms with Crippen molar-refractivity contribution in [3.05, 3.63) is 46.7 Å². The first-order chi connectivity index (χ1) is 9.58. The summed E-state index contributed by atoms with van der Waals surface area (Å²) < 4.78 is 16.3. The molecule has 0 aliphatic heterocycles. The first-order valence-electron chi connectivity index (χ1n) is 6.30. The summed E-state index contributed by atoms with van der Waals surface area (Å²) in [7, 11) is 0. The van der Waals surface area contributed by atoms with Gasteiger partial charge in [-0.05, 0) is 43.3 Å². The van der Waals surface area contributed by atoms with Crippen molar-refractivity contribution in [1.82, 2.24) is 9.55 Å². The van der Waals surface area contributed by atoms with E-state index in [0.29, 0.717) is 12.2 Å². The molecule has 0 fully saturated rings. The van der Waals surface area contributed by atoms with Crippen LogP contribution in [0, 0.1) is 5.82 Å². The van der Waals surface area contributed by atoms with Gasteiger partial charge in [-0.1, -0.05) is 15.9 Å². The van der Waals surface area contributed by atoms with Crippen molar-refractivity contribution in [2.24, 2.45) is 0 Å². The van der Waals surface area contributed by atoms with Crippen LogP contribution in [0.1, 0.15) is 6.92 Å². The smallest absolute Gasteiger partial charge is 0.141 e. The summed E-state index contributed by atoms with van der Waals surface area (Å²) in [5, 5.41) is 0. The van der Waals surface area contributed by atoms with Crippen LogP contribution in [0.5, 0.6) is 0 Å². The molecule has 3 nitrogen and oxygen atoms in total. The number of aromatic nitrogens is 2. The molecule has 3 aromatic rings. The van der Waals surface area contributed by atoms with Gasteiger partial charge in [-0.2, -0.15) is 0 Å². The Hall–Kier alpha value is -1.88. The van der Waals surface area contributed by atoms with Gasteiger partial charge in [0.05, 0.1) is 11.0 Å². The standard InChI is InChI=1S/C15H13BrFN3/c1-2-20-14-8-11(17)3-4-13(14)19-15(20)9-5-10(16)7-12(18)6-9/h3-8H,2,18H2,1H3. The second-order valence-electron chi connectivity index (χ2n) is 4.59. The number of imidazole rings is 1. The fourth-order valence-corrected chi connectivity index (χ4v) is 2.89. The van der Waals surface area contributed by atoms with E-state index in [9.17, 15) is 4.39 Å². The molecule has 3 rings (SSSR count). The molecular weight excluding hydrogens is 321 g/mol. The Kier molecular flexibility index (Phi) is 3.22.